The molecule has 0 radical (unpaired) electrons. The van der Waals surface area contributed by atoms with Gasteiger partial charge in [-0.15, -0.1) is 0 Å². The second-order valence-electron chi connectivity index (χ2n) is 14.0. The van der Waals surface area contributed by atoms with Gasteiger partial charge in [0.25, 0.3) is 0 Å². The molecule has 5 aliphatic rings. The number of fused-ring (bicyclic) bond motifs is 3. The van der Waals surface area contributed by atoms with Crippen molar-refractivity contribution >= 4 is 34.2 Å². The standard InChI is InChI=1S/C33H40ClFN6O2/c1-20(2)40-19-36-27-15-26(37-30(34)29(27)40)21-4-5-25-28(12-21)41(23-13-22(14-23)39-9-6-32(3,35)18-39)31(42)33(25)7-10-38(11-8-33)24-16-43-17-24/h4-5,12,15,19-20,22-24H,6-11,13-14,16-18H2,1-3H3/t22?,23?,32-/m0/s1. The summed E-state index contributed by atoms with van der Waals surface area (Å²) in [5.74, 6) is 0.237. The zero-order valence-corrected chi connectivity index (χ0v) is 26.0. The molecule has 6 heterocycles. The molecule has 1 spiro atoms. The third kappa shape index (κ3) is 4.36. The minimum absolute atomic E-state index is 0.121. The summed E-state index contributed by atoms with van der Waals surface area (Å²) in [7, 11) is 0. The number of aromatic nitrogens is 3. The van der Waals surface area contributed by atoms with Gasteiger partial charge in [-0.1, -0.05) is 23.7 Å². The lowest BCUT2D eigenvalue weighted by Crippen LogP contribution is -2.59. The molecular weight excluding hydrogens is 567 g/mol. The van der Waals surface area contributed by atoms with Gasteiger partial charge < -0.3 is 14.2 Å². The fraction of sp³-hybridized carbons (Fsp3) is 0.606. The molecule has 0 bridgehead atoms. The van der Waals surface area contributed by atoms with Crippen LogP contribution in [0.3, 0.4) is 0 Å². The van der Waals surface area contributed by atoms with E-state index in [1.807, 2.05) is 17.0 Å². The van der Waals surface area contributed by atoms with Crippen molar-refractivity contribution in [2.75, 3.05) is 44.3 Å². The summed E-state index contributed by atoms with van der Waals surface area (Å²) in [4.78, 5) is 30.9. The first-order chi connectivity index (χ1) is 20.6. The monoisotopic (exact) mass is 606 g/mol. The van der Waals surface area contributed by atoms with Crippen LogP contribution in [0.15, 0.2) is 30.6 Å². The highest BCUT2D eigenvalue weighted by Gasteiger charge is 2.56. The van der Waals surface area contributed by atoms with Crippen molar-refractivity contribution in [1.29, 1.82) is 0 Å². The van der Waals surface area contributed by atoms with Crippen LogP contribution in [0.4, 0.5) is 10.1 Å². The predicted octanol–water partition coefficient (Wildman–Crippen LogP) is 5.38. The van der Waals surface area contributed by atoms with Crippen molar-refractivity contribution in [1.82, 2.24) is 24.3 Å². The van der Waals surface area contributed by atoms with E-state index < -0.39 is 11.1 Å². The Morgan fingerprint density at radius 3 is 2.42 bits per heavy atom. The highest BCUT2D eigenvalue weighted by atomic mass is 35.5. The summed E-state index contributed by atoms with van der Waals surface area (Å²) >= 11 is 6.74. The van der Waals surface area contributed by atoms with E-state index in [1.165, 1.54) is 0 Å². The van der Waals surface area contributed by atoms with Crippen molar-refractivity contribution in [3.05, 3.63) is 41.3 Å². The van der Waals surface area contributed by atoms with E-state index in [-0.39, 0.29) is 18.0 Å². The van der Waals surface area contributed by atoms with Gasteiger partial charge in [0.05, 0.1) is 42.2 Å². The van der Waals surface area contributed by atoms with E-state index in [2.05, 4.69) is 51.7 Å². The average Bonchev–Trinajstić information content (AvgIpc) is 3.58. The molecule has 1 amide bonds. The van der Waals surface area contributed by atoms with Crippen LogP contribution in [0.25, 0.3) is 22.3 Å². The maximum absolute atomic E-state index is 14.6. The predicted molar refractivity (Wildman–Crippen MR) is 165 cm³/mol. The number of rotatable bonds is 5. The van der Waals surface area contributed by atoms with Crippen LogP contribution in [0, 0.1) is 0 Å². The Morgan fingerprint density at radius 1 is 1.02 bits per heavy atom. The summed E-state index contributed by atoms with van der Waals surface area (Å²) in [5, 5.41) is 0.434. The fourth-order valence-corrected chi connectivity index (χ4v) is 8.48. The van der Waals surface area contributed by atoms with Gasteiger partial charge in [-0.25, -0.2) is 14.4 Å². The van der Waals surface area contributed by atoms with Crippen LogP contribution in [-0.4, -0.2) is 93.4 Å². The van der Waals surface area contributed by atoms with E-state index in [1.54, 1.807) is 6.92 Å². The van der Waals surface area contributed by atoms with Gasteiger partial charge in [-0.05, 0) is 83.7 Å². The number of carbonyl (C=O) groups excluding carboxylic acids is 1. The second kappa shape index (κ2) is 9.96. The number of halogens is 2. The van der Waals surface area contributed by atoms with Gasteiger partial charge in [-0.2, -0.15) is 0 Å². The Kier molecular flexibility index (Phi) is 6.47. The van der Waals surface area contributed by atoms with Gasteiger partial charge in [0, 0.05) is 42.5 Å². The van der Waals surface area contributed by atoms with Crippen molar-refractivity contribution < 1.29 is 13.9 Å². The Bertz CT molecular complexity index is 1590. The van der Waals surface area contributed by atoms with E-state index in [9.17, 15) is 9.18 Å². The van der Waals surface area contributed by atoms with E-state index in [0.29, 0.717) is 30.2 Å². The summed E-state index contributed by atoms with van der Waals surface area (Å²) in [6, 6.07) is 9.57. The van der Waals surface area contributed by atoms with Crippen LogP contribution in [0.5, 0.6) is 0 Å². The highest BCUT2D eigenvalue weighted by Crippen LogP contribution is 2.52. The lowest BCUT2D eigenvalue weighted by atomic mass is 9.73. The molecule has 1 saturated carbocycles. The lowest BCUT2D eigenvalue weighted by molar-refractivity contribution is -0.128. The Morgan fingerprint density at radius 2 is 1.77 bits per heavy atom. The SMILES string of the molecule is CC(C)n1cnc2cc(-c3ccc4c(c3)N(C3CC(N5CC[C@](C)(F)C5)C3)C(=O)C43CCN(C4COC4)CC3)nc(Cl)c21. The van der Waals surface area contributed by atoms with E-state index in [4.69, 9.17) is 21.3 Å². The van der Waals surface area contributed by atoms with Crippen molar-refractivity contribution in [2.45, 2.75) is 88.1 Å². The van der Waals surface area contributed by atoms with Gasteiger partial charge in [0.15, 0.2) is 5.15 Å². The first-order valence-corrected chi connectivity index (χ1v) is 16.3. The van der Waals surface area contributed by atoms with Crippen LogP contribution < -0.4 is 4.90 Å². The van der Waals surface area contributed by atoms with E-state index in [0.717, 1.165) is 92.1 Å². The lowest BCUT2D eigenvalue weighted by Gasteiger charge is -2.47. The van der Waals surface area contributed by atoms with Crippen molar-refractivity contribution in [2.24, 2.45) is 0 Å². The third-order valence-electron chi connectivity index (χ3n) is 11.0. The zero-order valence-electron chi connectivity index (χ0n) is 25.2. The summed E-state index contributed by atoms with van der Waals surface area (Å²) in [5.41, 5.74) is 3.88. The zero-order chi connectivity index (χ0) is 29.7. The minimum Gasteiger partial charge on any atom is -0.378 e. The normalized spacial score (nSPS) is 29.5. The number of piperidine rings is 1. The van der Waals surface area contributed by atoms with Crippen molar-refractivity contribution in [3.8, 4) is 11.3 Å². The second-order valence-corrected chi connectivity index (χ2v) is 14.4. The number of carbonyl (C=O) groups is 1. The van der Waals surface area contributed by atoms with Crippen LogP contribution >= 0.6 is 11.6 Å². The molecule has 43 heavy (non-hydrogen) atoms. The molecule has 4 fully saturated rings. The van der Waals surface area contributed by atoms with Gasteiger partial charge >= 0.3 is 0 Å². The van der Waals surface area contributed by atoms with Crippen LogP contribution in [-0.2, 0) is 14.9 Å². The molecule has 8 rings (SSSR count). The van der Waals surface area contributed by atoms with Crippen LogP contribution in [0.2, 0.25) is 5.15 Å². The highest BCUT2D eigenvalue weighted by molar-refractivity contribution is 6.34. The summed E-state index contributed by atoms with van der Waals surface area (Å²) < 4.78 is 22.1. The molecule has 8 nitrogen and oxygen atoms in total. The Hall–Kier alpha value is -2.59. The maximum Gasteiger partial charge on any atom is 0.238 e. The molecule has 228 valence electrons. The van der Waals surface area contributed by atoms with Crippen molar-refractivity contribution in [3.63, 3.8) is 0 Å². The van der Waals surface area contributed by atoms with Crippen LogP contribution in [0.1, 0.15) is 64.5 Å². The number of alkyl halides is 1. The van der Waals surface area contributed by atoms with Gasteiger partial charge in [-0.3, -0.25) is 14.6 Å². The first kappa shape index (κ1) is 27.9. The molecule has 0 unspecified atom stereocenters. The number of anilines is 1. The Balaban J connectivity index is 1.14. The number of likely N-dealkylation sites (tertiary alicyclic amines) is 2. The van der Waals surface area contributed by atoms with Gasteiger partial charge in [0.2, 0.25) is 5.91 Å². The number of pyridine rings is 1. The largest absolute Gasteiger partial charge is 0.378 e. The number of ether oxygens (including phenoxy) is 1. The smallest absolute Gasteiger partial charge is 0.238 e. The number of imidazole rings is 1. The molecule has 3 saturated heterocycles. The third-order valence-corrected chi connectivity index (χ3v) is 11.2. The van der Waals surface area contributed by atoms with E-state index >= 15 is 0 Å². The Labute approximate surface area is 257 Å². The molecule has 1 aliphatic carbocycles. The molecule has 4 aliphatic heterocycles. The summed E-state index contributed by atoms with van der Waals surface area (Å²) in [6.07, 6.45) is 5.81. The number of amides is 1. The molecule has 3 aromatic rings. The minimum atomic E-state index is -1.11. The molecular formula is C33H40ClFN6O2. The molecule has 1 atom stereocenters. The maximum atomic E-state index is 14.6. The number of benzene rings is 1. The molecule has 0 N–H and O–H groups in total. The molecule has 10 heteroatoms. The first-order valence-electron chi connectivity index (χ1n) is 15.9. The number of nitrogens with zero attached hydrogens (tertiary/aromatic N) is 6. The average molecular weight is 607 g/mol. The molecule has 1 aromatic carbocycles. The number of hydrogen-bond acceptors (Lipinski definition) is 6. The summed E-state index contributed by atoms with van der Waals surface area (Å²) in [6.45, 7) is 10.6. The number of hydrogen-bond donors (Lipinski definition) is 0. The molecule has 2 aromatic heterocycles. The van der Waals surface area contributed by atoms with Gasteiger partial charge in [0.1, 0.15) is 11.2 Å². The fourth-order valence-electron chi connectivity index (χ4n) is 8.19. The quantitative estimate of drug-likeness (QED) is 0.364. The topological polar surface area (TPSA) is 66.7 Å².